The Bertz CT molecular complexity index is 409. The summed E-state index contributed by atoms with van der Waals surface area (Å²) in [5, 5.41) is 10.6. The Morgan fingerprint density at radius 2 is 2.39 bits per heavy atom. The largest absolute Gasteiger partial charge is 0.474 e. The highest BCUT2D eigenvalue weighted by Crippen LogP contribution is 2.08. The van der Waals surface area contributed by atoms with E-state index in [0.717, 1.165) is 13.1 Å². The van der Waals surface area contributed by atoms with Crippen molar-refractivity contribution in [3.63, 3.8) is 0 Å². The summed E-state index contributed by atoms with van der Waals surface area (Å²) in [5.41, 5.74) is 5.18. The third-order valence-corrected chi connectivity index (χ3v) is 2.54. The number of hydrogen-bond acceptors (Lipinski definition) is 6. The van der Waals surface area contributed by atoms with E-state index in [1.54, 1.807) is 6.07 Å². The molecule has 2 heterocycles. The first kappa shape index (κ1) is 12.7. The first-order valence-corrected chi connectivity index (χ1v) is 5.77. The summed E-state index contributed by atoms with van der Waals surface area (Å²) in [7, 11) is 0. The lowest BCUT2D eigenvalue weighted by molar-refractivity contribution is -0.0477. The van der Waals surface area contributed by atoms with E-state index in [1.165, 1.54) is 6.07 Å². The molecule has 2 atom stereocenters. The quantitative estimate of drug-likeness (QED) is 0.737. The molecule has 3 N–H and O–H groups in total. The van der Waals surface area contributed by atoms with Gasteiger partial charge in [0.25, 0.3) is 5.91 Å². The summed E-state index contributed by atoms with van der Waals surface area (Å²) in [6.07, 6.45) is 0.169. The molecule has 98 valence electrons. The molecule has 18 heavy (non-hydrogen) atoms. The van der Waals surface area contributed by atoms with Gasteiger partial charge in [-0.05, 0) is 13.0 Å². The topological polar surface area (TPSA) is 99.4 Å². The van der Waals surface area contributed by atoms with Crippen LogP contribution in [-0.2, 0) is 4.74 Å². The van der Waals surface area contributed by atoms with Crippen LogP contribution in [0, 0.1) is 0 Å². The van der Waals surface area contributed by atoms with Crippen LogP contribution in [-0.4, -0.2) is 48.0 Å². The molecule has 0 radical (unpaired) electrons. The van der Waals surface area contributed by atoms with E-state index >= 15 is 0 Å². The number of carbonyl (C=O) groups is 1. The van der Waals surface area contributed by atoms with Gasteiger partial charge in [0.1, 0.15) is 12.7 Å². The number of rotatable bonds is 4. The number of carbonyl (C=O) groups excluding carboxylic acids is 1. The number of nitrogens with one attached hydrogen (secondary N) is 1. The van der Waals surface area contributed by atoms with Gasteiger partial charge >= 0.3 is 0 Å². The first-order valence-electron chi connectivity index (χ1n) is 5.77. The molecule has 1 saturated heterocycles. The zero-order valence-electron chi connectivity index (χ0n) is 10.1. The minimum atomic E-state index is -0.609. The number of hydrogen-bond donors (Lipinski definition) is 2. The molecule has 0 saturated carbocycles. The van der Waals surface area contributed by atoms with Crippen molar-refractivity contribution in [1.82, 2.24) is 15.5 Å². The molecule has 7 nitrogen and oxygen atoms in total. The number of morpholine rings is 1. The lowest BCUT2D eigenvalue weighted by atomic mass is 10.2. The molecule has 1 amide bonds. The van der Waals surface area contributed by atoms with Crippen LogP contribution in [0.2, 0.25) is 0 Å². The molecule has 1 fully saturated rings. The first-order chi connectivity index (χ1) is 8.65. The van der Waals surface area contributed by atoms with Gasteiger partial charge in [-0.1, -0.05) is 0 Å². The maximum Gasteiger partial charge on any atom is 0.269 e. The zero-order valence-corrected chi connectivity index (χ0v) is 10.1. The van der Waals surface area contributed by atoms with Crippen molar-refractivity contribution < 1.29 is 14.3 Å². The summed E-state index contributed by atoms with van der Waals surface area (Å²) in [6, 6.07) is 3.04. The lowest BCUT2D eigenvalue weighted by Gasteiger charge is -2.28. The Morgan fingerprint density at radius 1 is 1.56 bits per heavy atom. The van der Waals surface area contributed by atoms with Gasteiger partial charge < -0.3 is 20.5 Å². The van der Waals surface area contributed by atoms with Crippen molar-refractivity contribution >= 4 is 5.91 Å². The van der Waals surface area contributed by atoms with Crippen molar-refractivity contribution in [3.05, 3.63) is 17.8 Å². The highest BCUT2D eigenvalue weighted by atomic mass is 16.5. The number of nitrogens with zero attached hydrogens (tertiary/aromatic N) is 2. The van der Waals surface area contributed by atoms with E-state index in [0.29, 0.717) is 12.5 Å². The molecule has 0 spiro atoms. The molecule has 7 heteroatoms. The van der Waals surface area contributed by atoms with Crippen molar-refractivity contribution in [1.29, 1.82) is 0 Å². The molecular weight excluding hydrogens is 236 g/mol. The van der Waals surface area contributed by atoms with Crippen molar-refractivity contribution in [2.75, 3.05) is 19.7 Å². The van der Waals surface area contributed by atoms with Gasteiger partial charge in [-0.25, -0.2) is 0 Å². The van der Waals surface area contributed by atoms with Gasteiger partial charge in [-0.3, -0.25) is 4.79 Å². The minimum Gasteiger partial charge on any atom is -0.474 e. The van der Waals surface area contributed by atoms with Gasteiger partial charge in [-0.2, -0.15) is 0 Å². The van der Waals surface area contributed by atoms with Gasteiger partial charge in [0, 0.05) is 19.2 Å². The molecule has 0 aliphatic carbocycles. The predicted octanol–water partition coefficient (Wildman–Crippen LogP) is -0.669. The van der Waals surface area contributed by atoms with Crippen LogP contribution in [0.5, 0.6) is 5.88 Å². The SMILES string of the molecule is CC1CNCC(COc2ccc(C(N)=O)nn2)O1. The van der Waals surface area contributed by atoms with E-state index in [-0.39, 0.29) is 17.9 Å². The number of amides is 1. The summed E-state index contributed by atoms with van der Waals surface area (Å²) < 4.78 is 11.1. The molecule has 2 unspecified atom stereocenters. The van der Waals surface area contributed by atoms with Crippen molar-refractivity contribution in [2.45, 2.75) is 19.1 Å². The average Bonchev–Trinajstić information content (AvgIpc) is 2.37. The van der Waals surface area contributed by atoms with E-state index in [9.17, 15) is 4.79 Å². The summed E-state index contributed by atoms with van der Waals surface area (Å²) in [4.78, 5) is 10.8. The standard InChI is InChI=1S/C11H16N4O3/c1-7-4-13-5-8(18-7)6-17-10-3-2-9(11(12)16)14-15-10/h2-3,7-8,13H,4-6H2,1H3,(H2,12,16). The van der Waals surface area contributed by atoms with Crippen LogP contribution >= 0.6 is 0 Å². The molecule has 2 rings (SSSR count). The summed E-state index contributed by atoms with van der Waals surface area (Å²) >= 11 is 0. The number of nitrogens with two attached hydrogens (primary N) is 1. The highest BCUT2D eigenvalue weighted by Gasteiger charge is 2.19. The van der Waals surface area contributed by atoms with E-state index in [1.807, 2.05) is 6.92 Å². The van der Waals surface area contributed by atoms with Crippen LogP contribution < -0.4 is 15.8 Å². The second-order valence-electron chi connectivity index (χ2n) is 4.16. The van der Waals surface area contributed by atoms with Gasteiger partial charge in [0.15, 0.2) is 5.69 Å². The molecule has 1 aliphatic rings. The van der Waals surface area contributed by atoms with Gasteiger partial charge in [0.2, 0.25) is 5.88 Å². The van der Waals surface area contributed by atoms with E-state index < -0.39 is 5.91 Å². The minimum absolute atomic E-state index is 0.00799. The third-order valence-electron chi connectivity index (χ3n) is 2.54. The lowest BCUT2D eigenvalue weighted by Crippen LogP contribution is -2.45. The normalized spacial score (nSPS) is 23.6. The number of aromatic nitrogens is 2. The van der Waals surface area contributed by atoms with Gasteiger partial charge in [0.05, 0.1) is 6.10 Å². The monoisotopic (exact) mass is 252 g/mol. The Labute approximate surface area is 105 Å². The van der Waals surface area contributed by atoms with Crippen molar-refractivity contribution in [3.8, 4) is 5.88 Å². The maximum atomic E-state index is 10.8. The molecule has 1 aromatic rings. The van der Waals surface area contributed by atoms with Crippen molar-refractivity contribution in [2.24, 2.45) is 5.73 Å². The zero-order chi connectivity index (χ0) is 13.0. The smallest absolute Gasteiger partial charge is 0.269 e. The van der Waals surface area contributed by atoms with E-state index in [2.05, 4.69) is 15.5 Å². The van der Waals surface area contributed by atoms with Crippen LogP contribution in [0.15, 0.2) is 12.1 Å². The average molecular weight is 252 g/mol. The summed E-state index contributed by atoms with van der Waals surface area (Å²) in [5.74, 6) is -0.260. The van der Waals surface area contributed by atoms with Crippen LogP contribution in [0.1, 0.15) is 17.4 Å². The van der Waals surface area contributed by atoms with Gasteiger partial charge in [-0.15, -0.1) is 10.2 Å². The summed E-state index contributed by atoms with van der Waals surface area (Å²) in [6.45, 7) is 3.99. The van der Waals surface area contributed by atoms with E-state index in [4.69, 9.17) is 15.2 Å². The fraction of sp³-hybridized carbons (Fsp3) is 0.545. The Kier molecular flexibility index (Phi) is 4.06. The Hall–Kier alpha value is -1.73. The Morgan fingerprint density at radius 3 is 3.00 bits per heavy atom. The number of ether oxygens (including phenoxy) is 2. The molecule has 0 aromatic carbocycles. The fourth-order valence-corrected chi connectivity index (χ4v) is 1.68. The molecule has 0 bridgehead atoms. The Balaban J connectivity index is 1.84. The molecule has 1 aliphatic heterocycles. The van der Waals surface area contributed by atoms with Crippen LogP contribution in [0.3, 0.4) is 0 Å². The molecule has 1 aromatic heterocycles. The molecular formula is C11H16N4O3. The number of primary amides is 1. The highest BCUT2D eigenvalue weighted by molar-refractivity contribution is 5.90. The van der Waals surface area contributed by atoms with Crippen LogP contribution in [0.25, 0.3) is 0 Å². The third kappa shape index (κ3) is 3.38. The van der Waals surface area contributed by atoms with Crippen LogP contribution in [0.4, 0.5) is 0 Å². The maximum absolute atomic E-state index is 10.8. The second kappa shape index (κ2) is 5.74. The fourth-order valence-electron chi connectivity index (χ4n) is 1.68. The predicted molar refractivity (Wildman–Crippen MR) is 63.2 cm³/mol. The second-order valence-corrected chi connectivity index (χ2v) is 4.16.